The van der Waals surface area contributed by atoms with Gasteiger partial charge in [-0.15, -0.1) is 0 Å². The zero-order valence-electron chi connectivity index (χ0n) is 11.1. The maximum atomic E-state index is 5.78. The van der Waals surface area contributed by atoms with Gasteiger partial charge in [0, 0.05) is 11.9 Å². The topological polar surface area (TPSA) is 66.7 Å². The number of nitrogens with zero attached hydrogens (tertiary/aromatic N) is 2. The molecular formula is C16H12N4O. The molecular weight excluding hydrogens is 264 g/mol. The van der Waals surface area contributed by atoms with E-state index in [1.54, 1.807) is 6.20 Å². The van der Waals surface area contributed by atoms with Gasteiger partial charge in [0.25, 0.3) is 0 Å². The van der Waals surface area contributed by atoms with E-state index in [1.807, 2.05) is 54.6 Å². The monoisotopic (exact) mass is 276 g/mol. The average molecular weight is 276 g/mol. The molecule has 2 aromatic heterocycles. The Balaban J connectivity index is 1.74. The number of nitrogens with one attached hydrogen (secondary N) is 2. The van der Waals surface area contributed by atoms with Gasteiger partial charge in [0.05, 0.1) is 5.56 Å². The van der Waals surface area contributed by atoms with E-state index in [0.29, 0.717) is 11.7 Å². The predicted molar refractivity (Wildman–Crippen MR) is 81.3 cm³/mol. The van der Waals surface area contributed by atoms with Gasteiger partial charge < -0.3 is 9.73 Å². The maximum Gasteiger partial charge on any atom is 0.232 e. The van der Waals surface area contributed by atoms with Crippen LogP contribution in [0.25, 0.3) is 22.6 Å². The first-order chi connectivity index (χ1) is 10.4. The standard InChI is InChI=1S/C16H12N4O/c1-2-6-11(7-3-1)18-15-12(10-17-20-15)16-19-13-8-4-5-9-14(13)21-16/h1-10H,(H2,17,18,20). The van der Waals surface area contributed by atoms with Crippen molar-refractivity contribution >= 4 is 22.6 Å². The van der Waals surface area contributed by atoms with Crippen LogP contribution in [0, 0.1) is 0 Å². The molecule has 5 heteroatoms. The maximum absolute atomic E-state index is 5.78. The number of hydrogen-bond donors (Lipinski definition) is 2. The fraction of sp³-hybridized carbons (Fsp3) is 0. The summed E-state index contributed by atoms with van der Waals surface area (Å²) in [7, 11) is 0. The molecule has 0 fully saturated rings. The third-order valence-electron chi connectivity index (χ3n) is 3.20. The van der Waals surface area contributed by atoms with Crippen molar-refractivity contribution in [1.82, 2.24) is 15.2 Å². The molecule has 2 heterocycles. The molecule has 0 saturated carbocycles. The minimum atomic E-state index is 0.545. The van der Waals surface area contributed by atoms with E-state index in [9.17, 15) is 0 Å². The summed E-state index contributed by atoms with van der Waals surface area (Å²) in [4.78, 5) is 4.49. The zero-order valence-corrected chi connectivity index (χ0v) is 11.1. The number of benzene rings is 2. The highest BCUT2D eigenvalue weighted by molar-refractivity contribution is 5.80. The zero-order chi connectivity index (χ0) is 14.1. The van der Waals surface area contributed by atoms with E-state index in [4.69, 9.17) is 4.42 Å². The number of oxazole rings is 1. The number of aromatic amines is 1. The second-order valence-electron chi connectivity index (χ2n) is 4.63. The summed E-state index contributed by atoms with van der Waals surface area (Å²) in [6, 6.07) is 17.5. The largest absolute Gasteiger partial charge is 0.436 e. The first-order valence-corrected chi connectivity index (χ1v) is 6.62. The highest BCUT2D eigenvalue weighted by atomic mass is 16.3. The van der Waals surface area contributed by atoms with Crippen LogP contribution in [-0.4, -0.2) is 15.2 Å². The first-order valence-electron chi connectivity index (χ1n) is 6.62. The smallest absolute Gasteiger partial charge is 0.232 e. The van der Waals surface area contributed by atoms with Gasteiger partial charge in [-0.05, 0) is 24.3 Å². The van der Waals surface area contributed by atoms with Gasteiger partial charge in [-0.1, -0.05) is 30.3 Å². The lowest BCUT2D eigenvalue weighted by Gasteiger charge is -2.03. The van der Waals surface area contributed by atoms with Crippen LogP contribution in [0.3, 0.4) is 0 Å². The number of H-pyrrole nitrogens is 1. The SMILES string of the molecule is c1ccc(Nc2n[nH]cc2-c2nc3ccccc3o2)cc1. The van der Waals surface area contributed by atoms with E-state index < -0.39 is 0 Å². The number of para-hydroxylation sites is 3. The van der Waals surface area contributed by atoms with E-state index in [1.165, 1.54) is 0 Å². The van der Waals surface area contributed by atoms with E-state index in [0.717, 1.165) is 22.4 Å². The summed E-state index contributed by atoms with van der Waals surface area (Å²) in [5.41, 5.74) is 3.36. The summed E-state index contributed by atoms with van der Waals surface area (Å²) in [6.45, 7) is 0. The summed E-state index contributed by atoms with van der Waals surface area (Å²) < 4.78 is 5.78. The molecule has 0 spiro atoms. The minimum absolute atomic E-state index is 0.545. The summed E-state index contributed by atoms with van der Waals surface area (Å²) >= 11 is 0. The Morgan fingerprint density at radius 2 is 1.76 bits per heavy atom. The second-order valence-corrected chi connectivity index (χ2v) is 4.63. The highest BCUT2D eigenvalue weighted by Gasteiger charge is 2.14. The molecule has 0 aliphatic rings. The van der Waals surface area contributed by atoms with Crippen LogP contribution < -0.4 is 5.32 Å². The number of fused-ring (bicyclic) bond motifs is 1. The van der Waals surface area contributed by atoms with Gasteiger partial charge in [-0.25, -0.2) is 4.98 Å². The molecule has 2 aromatic carbocycles. The van der Waals surface area contributed by atoms with Gasteiger partial charge in [-0.2, -0.15) is 5.10 Å². The van der Waals surface area contributed by atoms with Crippen LogP contribution in [-0.2, 0) is 0 Å². The van der Waals surface area contributed by atoms with Crippen molar-refractivity contribution in [1.29, 1.82) is 0 Å². The number of hydrogen-bond acceptors (Lipinski definition) is 4. The average Bonchev–Trinajstić information content (AvgIpc) is 3.14. The molecule has 5 nitrogen and oxygen atoms in total. The summed E-state index contributed by atoms with van der Waals surface area (Å²) in [5.74, 6) is 1.23. The van der Waals surface area contributed by atoms with Crippen LogP contribution in [0.2, 0.25) is 0 Å². The molecule has 0 aliphatic heterocycles. The minimum Gasteiger partial charge on any atom is -0.436 e. The molecule has 0 bridgehead atoms. The Bertz CT molecular complexity index is 846. The van der Waals surface area contributed by atoms with E-state index in [2.05, 4.69) is 20.5 Å². The summed E-state index contributed by atoms with van der Waals surface area (Å²) in [6.07, 6.45) is 1.77. The fourth-order valence-corrected chi connectivity index (χ4v) is 2.19. The van der Waals surface area contributed by atoms with Gasteiger partial charge in [0.15, 0.2) is 11.4 Å². The van der Waals surface area contributed by atoms with Crippen LogP contribution in [0.15, 0.2) is 65.2 Å². The van der Waals surface area contributed by atoms with Crippen molar-refractivity contribution in [2.75, 3.05) is 5.32 Å². The molecule has 0 unspecified atom stereocenters. The Labute approximate surface area is 120 Å². The first kappa shape index (κ1) is 11.7. The fourth-order valence-electron chi connectivity index (χ4n) is 2.19. The van der Waals surface area contributed by atoms with Crippen LogP contribution in [0.5, 0.6) is 0 Å². The highest BCUT2D eigenvalue weighted by Crippen LogP contribution is 2.30. The molecule has 102 valence electrons. The third-order valence-corrected chi connectivity index (χ3v) is 3.20. The number of anilines is 2. The van der Waals surface area contributed by atoms with Crippen molar-refractivity contribution in [3.8, 4) is 11.5 Å². The van der Waals surface area contributed by atoms with Crippen LogP contribution in [0.4, 0.5) is 11.5 Å². The number of rotatable bonds is 3. The van der Waals surface area contributed by atoms with Crippen molar-refractivity contribution < 1.29 is 4.42 Å². The molecule has 0 amide bonds. The quantitative estimate of drug-likeness (QED) is 0.594. The van der Waals surface area contributed by atoms with Crippen LogP contribution >= 0.6 is 0 Å². The summed E-state index contributed by atoms with van der Waals surface area (Å²) in [5, 5.41) is 10.3. The van der Waals surface area contributed by atoms with Gasteiger partial charge in [-0.3, -0.25) is 5.10 Å². The van der Waals surface area contributed by atoms with Crippen LogP contribution in [0.1, 0.15) is 0 Å². The predicted octanol–water partition coefficient (Wildman–Crippen LogP) is 3.96. The van der Waals surface area contributed by atoms with E-state index >= 15 is 0 Å². The molecule has 0 atom stereocenters. The van der Waals surface area contributed by atoms with Gasteiger partial charge in [0.1, 0.15) is 5.52 Å². The van der Waals surface area contributed by atoms with Crippen molar-refractivity contribution in [2.24, 2.45) is 0 Å². The van der Waals surface area contributed by atoms with Crippen molar-refractivity contribution in [3.05, 3.63) is 60.8 Å². The third kappa shape index (κ3) is 2.14. The normalized spacial score (nSPS) is 10.9. The van der Waals surface area contributed by atoms with E-state index in [-0.39, 0.29) is 0 Å². The molecule has 0 aliphatic carbocycles. The Kier molecular flexibility index (Phi) is 2.67. The Morgan fingerprint density at radius 1 is 0.952 bits per heavy atom. The Morgan fingerprint density at radius 3 is 2.62 bits per heavy atom. The lowest BCUT2D eigenvalue weighted by Crippen LogP contribution is -1.92. The van der Waals surface area contributed by atoms with Crippen molar-refractivity contribution in [2.45, 2.75) is 0 Å². The molecule has 0 saturated heterocycles. The van der Waals surface area contributed by atoms with Gasteiger partial charge >= 0.3 is 0 Å². The second kappa shape index (κ2) is 4.79. The molecule has 2 N–H and O–H groups in total. The lowest BCUT2D eigenvalue weighted by atomic mass is 10.3. The lowest BCUT2D eigenvalue weighted by molar-refractivity contribution is 0.620. The molecule has 0 radical (unpaired) electrons. The van der Waals surface area contributed by atoms with Gasteiger partial charge in [0.2, 0.25) is 5.89 Å². The Hall–Kier alpha value is -3.08. The molecule has 4 aromatic rings. The van der Waals surface area contributed by atoms with Crippen molar-refractivity contribution in [3.63, 3.8) is 0 Å². The number of aromatic nitrogens is 3. The molecule has 4 rings (SSSR count). The molecule has 21 heavy (non-hydrogen) atoms.